The van der Waals surface area contributed by atoms with Crippen LogP contribution in [0, 0.1) is 0 Å². The van der Waals surface area contributed by atoms with E-state index in [0.717, 1.165) is 46.8 Å². The number of benzene rings is 1. The fourth-order valence-corrected chi connectivity index (χ4v) is 6.15. The van der Waals surface area contributed by atoms with E-state index in [4.69, 9.17) is 24.5 Å². The first-order chi connectivity index (χ1) is 21.3. The third-order valence-electron chi connectivity index (χ3n) is 8.60. The van der Waals surface area contributed by atoms with Crippen LogP contribution in [0.4, 0.5) is 11.8 Å². The van der Waals surface area contributed by atoms with E-state index in [-0.39, 0.29) is 11.5 Å². The monoisotopic (exact) mass is 588 g/mol. The zero-order valence-corrected chi connectivity index (χ0v) is 25.5. The Labute approximate surface area is 255 Å². The molecule has 0 bridgehead atoms. The van der Waals surface area contributed by atoms with Crippen LogP contribution < -0.4 is 10.1 Å². The number of pyridine rings is 2. The smallest absolute Gasteiger partial charge is 0.210 e. The molecule has 1 N–H and O–H groups in total. The lowest BCUT2D eigenvalue weighted by atomic mass is 9.91. The molecule has 0 unspecified atom stereocenters. The Morgan fingerprint density at radius 2 is 1.75 bits per heavy atom. The van der Waals surface area contributed by atoms with E-state index in [1.807, 2.05) is 23.7 Å². The number of anilines is 2. The van der Waals surface area contributed by atoms with Crippen LogP contribution >= 0.6 is 0 Å². The number of hydrogen-bond donors (Lipinski definition) is 1. The third kappa shape index (κ3) is 4.79. The molecule has 0 spiro atoms. The van der Waals surface area contributed by atoms with Gasteiger partial charge in [-0.3, -0.25) is 9.25 Å². The molecular formula is C34H36N8O2. The van der Waals surface area contributed by atoms with Gasteiger partial charge < -0.3 is 19.4 Å². The minimum absolute atomic E-state index is 0.0584. The van der Waals surface area contributed by atoms with Gasteiger partial charge in [-0.25, -0.2) is 9.97 Å². The fourth-order valence-electron chi connectivity index (χ4n) is 6.15. The molecule has 1 aromatic carbocycles. The van der Waals surface area contributed by atoms with Crippen LogP contribution in [0.2, 0.25) is 0 Å². The molecule has 2 aliphatic rings. The largest absolute Gasteiger partial charge is 0.454 e. The summed E-state index contributed by atoms with van der Waals surface area (Å²) in [4.78, 5) is 14.2. The molecule has 6 heterocycles. The summed E-state index contributed by atoms with van der Waals surface area (Å²) in [6, 6.07) is 19.1. The van der Waals surface area contributed by atoms with Gasteiger partial charge in [0.05, 0.1) is 30.6 Å². The number of ether oxygens (including phenoxy) is 2. The van der Waals surface area contributed by atoms with Crippen molar-refractivity contribution in [2.45, 2.75) is 57.4 Å². The van der Waals surface area contributed by atoms with Crippen LogP contribution in [0.15, 0.2) is 67.0 Å². The predicted octanol–water partition coefficient (Wildman–Crippen LogP) is 7.18. The fraction of sp³-hybridized carbons (Fsp3) is 0.353. The number of fused-ring (bicyclic) bond motifs is 2. The molecule has 6 aromatic rings. The highest BCUT2D eigenvalue weighted by atomic mass is 16.5. The summed E-state index contributed by atoms with van der Waals surface area (Å²) in [5.41, 5.74) is 5.97. The highest BCUT2D eigenvalue weighted by Gasteiger charge is 2.30. The van der Waals surface area contributed by atoms with Gasteiger partial charge in [-0.2, -0.15) is 10.1 Å². The van der Waals surface area contributed by atoms with Crippen LogP contribution in [0.25, 0.3) is 27.9 Å². The van der Waals surface area contributed by atoms with Crippen molar-refractivity contribution in [3.8, 4) is 17.2 Å². The van der Waals surface area contributed by atoms with Gasteiger partial charge in [0.15, 0.2) is 11.5 Å². The van der Waals surface area contributed by atoms with E-state index in [1.165, 1.54) is 18.5 Å². The lowest BCUT2D eigenvalue weighted by molar-refractivity contribution is 0.183. The normalized spacial score (nSPS) is 17.1. The maximum absolute atomic E-state index is 6.30. The Bertz CT molecular complexity index is 1990. The summed E-state index contributed by atoms with van der Waals surface area (Å²) in [5, 5.41) is 9.41. The number of rotatable bonds is 7. The standard InChI is InChI=1S/C34H36N8O2/c1-34(2,3)29-17-30(39-42(29)24-12-13-43-20-24)37-33-38-31-28(40(33)4)16-26(18-35-31)44-25-14-22-15-27(21-10-11-21)41(32(22)36-19-25)23-8-6-5-7-9-23/h5-9,14-19,21,24H,10-13,20H2,1-4H3,(H,35,37,38,39)/t24-/m1/s1. The van der Waals surface area contributed by atoms with Gasteiger partial charge in [-0.1, -0.05) is 39.0 Å². The summed E-state index contributed by atoms with van der Waals surface area (Å²) in [7, 11) is 1.97. The summed E-state index contributed by atoms with van der Waals surface area (Å²) >= 11 is 0. The minimum atomic E-state index is -0.0584. The van der Waals surface area contributed by atoms with E-state index in [2.05, 4.69) is 82.8 Å². The van der Waals surface area contributed by atoms with Crippen molar-refractivity contribution in [2.75, 3.05) is 18.5 Å². The van der Waals surface area contributed by atoms with Crippen LogP contribution in [0.3, 0.4) is 0 Å². The molecule has 2 fully saturated rings. The van der Waals surface area contributed by atoms with E-state index in [9.17, 15) is 0 Å². The topological polar surface area (TPSA) is 96.8 Å². The lowest BCUT2D eigenvalue weighted by Crippen LogP contribution is -2.22. The molecule has 5 aromatic heterocycles. The predicted molar refractivity (Wildman–Crippen MR) is 170 cm³/mol. The van der Waals surface area contributed by atoms with Gasteiger partial charge in [0.25, 0.3) is 0 Å². The molecule has 0 amide bonds. The molecule has 10 nitrogen and oxygen atoms in total. The molecule has 8 rings (SSSR count). The molecule has 44 heavy (non-hydrogen) atoms. The van der Waals surface area contributed by atoms with Gasteiger partial charge in [0.1, 0.15) is 17.1 Å². The van der Waals surface area contributed by atoms with E-state index in [0.29, 0.717) is 35.6 Å². The molecule has 1 aliphatic carbocycles. The van der Waals surface area contributed by atoms with Crippen LogP contribution in [-0.4, -0.2) is 47.1 Å². The number of imidazole rings is 1. The van der Waals surface area contributed by atoms with Gasteiger partial charge in [-0.15, -0.1) is 0 Å². The Morgan fingerprint density at radius 3 is 2.50 bits per heavy atom. The van der Waals surface area contributed by atoms with Gasteiger partial charge in [0, 0.05) is 53.7 Å². The van der Waals surface area contributed by atoms with Gasteiger partial charge >= 0.3 is 0 Å². The van der Waals surface area contributed by atoms with Crippen molar-refractivity contribution >= 4 is 34.0 Å². The lowest BCUT2D eigenvalue weighted by Gasteiger charge is -2.22. The molecule has 10 heteroatoms. The average molecular weight is 589 g/mol. The zero-order valence-electron chi connectivity index (χ0n) is 25.5. The van der Waals surface area contributed by atoms with Crippen LogP contribution in [-0.2, 0) is 17.2 Å². The maximum Gasteiger partial charge on any atom is 0.210 e. The first-order valence-electron chi connectivity index (χ1n) is 15.3. The molecule has 224 valence electrons. The summed E-state index contributed by atoms with van der Waals surface area (Å²) in [6.07, 6.45) is 6.90. The zero-order chi connectivity index (χ0) is 30.0. The summed E-state index contributed by atoms with van der Waals surface area (Å²) < 4.78 is 18.3. The van der Waals surface area contributed by atoms with Crippen molar-refractivity contribution in [3.63, 3.8) is 0 Å². The Hall–Kier alpha value is -4.70. The maximum atomic E-state index is 6.30. The van der Waals surface area contributed by atoms with Crippen molar-refractivity contribution in [3.05, 3.63) is 78.4 Å². The molecule has 1 saturated heterocycles. The Balaban J connectivity index is 1.07. The first-order valence-corrected chi connectivity index (χ1v) is 15.3. The number of hydrogen-bond acceptors (Lipinski definition) is 7. The second-order valence-corrected chi connectivity index (χ2v) is 13.0. The summed E-state index contributed by atoms with van der Waals surface area (Å²) in [5.74, 6) is 3.29. The second kappa shape index (κ2) is 10.2. The number of para-hydroxylation sites is 1. The van der Waals surface area contributed by atoms with Crippen molar-refractivity contribution < 1.29 is 9.47 Å². The molecule has 1 atom stereocenters. The Kier molecular flexibility index (Phi) is 6.23. The number of aryl methyl sites for hydroxylation is 1. The SMILES string of the molecule is Cn1c(Nc2cc(C(C)(C)C)n([C@@H]3CCOC3)n2)nc2ncc(Oc3cnc4c(c3)cc(C3CC3)n4-c3ccccc3)cc21. The number of nitrogens with zero attached hydrogens (tertiary/aromatic N) is 7. The van der Waals surface area contributed by atoms with Gasteiger partial charge in [-0.05, 0) is 49.4 Å². The second-order valence-electron chi connectivity index (χ2n) is 13.0. The highest BCUT2D eigenvalue weighted by Crippen LogP contribution is 2.43. The quantitative estimate of drug-likeness (QED) is 0.211. The molecule has 1 saturated carbocycles. The number of nitrogens with one attached hydrogen (secondary N) is 1. The van der Waals surface area contributed by atoms with E-state index >= 15 is 0 Å². The van der Waals surface area contributed by atoms with Crippen LogP contribution in [0.5, 0.6) is 11.5 Å². The summed E-state index contributed by atoms with van der Waals surface area (Å²) in [6.45, 7) is 8.08. The molecule has 0 radical (unpaired) electrons. The van der Waals surface area contributed by atoms with Crippen molar-refractivity contribution in [1.29, 1.82) is 0 Å². The van der Waals surface area contributed by atoms with Crippen LogP contribution in [0.1, 0.15) is 63.4 Å². The Morgan fingerprint density at radius 1 is 0.955 bits per heavy atom. The van der Waals surface area contributed by atoms with Crippen molar-refractivity contribution in [2.24, 2.45) is 7.05 Å². The average Bonchev–Trinajstić information content (AvgIpc) is 3.33. The van der Waals surface area contributed by atoms with E-state index < -0.39 is 0 Å². The van der Waals surface area contributed by atoms with Crippen molar-refractivity contribution in [1.82, 2.24) is 33.9 Å². The third-order valence-corrected chi connectivity index (χ3v) is 8.60. The first kappa shape index (κ1) is 26.9. The van der Waals surface area contributed by atoms with E-state index in [1.54, 1.807) is 12.4 Å². The highest BCUT2D eigenvalue weighted by molar-refractivity contribution is 5.82. The molecule has 1 aliphatic heterocycles. The molecular weight excluding hydrogens is 552 g/mol. The number of aromatic nitrogens is 7. The minimum Gasteiger partial charge on any atom is -0.454 e. The van der Waals surface area contributed by atoms with Gasteiger partial charge in [0.2, 0.25) is 5.95 Å².